The van der Waals surface area contributed by atoms with Gasteiger partial charge in [-0.3, -0.25) is 0 Å². The first kappa shape index (κ1) is 9.96. The summed E-state index contributed by atoms with van der Waals surface area (Å²) in [6, 6.07) is 5.04. The molecule has 4 heteroatoms. The number of nitrogen functional groups attached to an aromatic ring is 1. The maximum Gasteiger partial charge on any atom is 0.272 e. The molecular weight excluding hydrogens is 198 g/mol. The zero-order valence-electron chi connectivity index (χ0n) is 8.59. The lowest BCUT2D eigenvalue weighted by Gasteiger charge is -2.08. The molecule has 0 saturated carbocycles. The van der Waals surface area contributed by atoms with Gasteiger partial charge < -0.3 is 10.3 Å². The van der Waals surface area contributed by atoms with Crippen LogP contribution in [0, 0.1) is 0 Å². The summed E-state index contributed by atoms with van der Waals surface area (Å²) >= 11 is 0. The molecule has 80 valence electrons. The number of alkyl halides is 2. The van der Waals surface area contributed by atoms with Crippen LogP contribution in [0.5, 0.6) is 0 Å². The van der Waals surface area contributed by atoms with E-state index in [2.05, 4.69) is 0 Å². The lowest BCUT2D eigenvalue weighted by molar-refractivity contribution is 0.0189. The predicted molar refractivity (Wildman–Crippen MR) is 56.9 cm³/mol. The Labute approximate surface area is 86.3 Å². The zero-order valence-corrected chi connectivity index (χ0v) is 8.59. The number of rotatable bonds is 1. The van der Waals surface area contributed by atoms with Crippen molar-refractivity contribution in [2.45, 2.75) is 12.8 Å². The minimum Gasteiger partial charge on any atom is -0.399 e. The number of anilines is 1. The highest BCUT2D eigenvalue weighted by Crippen LogP contribution is 2.34. The Morgan fingerprint density at radius 1 is 1.33 bits per heavy atom. The lowest BCUT2D eigenvalue weighted by atomic mass is 10.1. The highest BCUT2D eigenvalue weighted by atomic mass is 19.3. The van der Waals surface area contributed by atoms with Gasteiger partial charge in [-0.1, -0.05) is 0 Å². The van der Waals surface area contributed by atoms with Crippen LogP contribution in [0.3, 0.4) is 0 Å². The summed E-state index contributed by atoms with van der Waals surface area (Å²) in [5.41, 5.74) is 6.88. The van der Waals surface area contributed by atoms with Crippen molar-refractivity contribution in [3.63, 3.8) is 0 Å². The third kappa shape index (κ3) is 1.56. The van der Waals surface area contributed by atoms with Crippen molar-refractivity contribution in [2.75, 3.05) is 5.73 Å². The van der Waals surface area contributed by atoms with Crippen molar-refractivity contribution >= 4 is 16.6 Å². The van der Waals surface area contributed by atoms with Crippen molar-refractivity contribution in [3.8, 4) is 0 Å². The Hall–Kier alpha value is -1.58. The van der Waals surface area contributed by atoms with E-state index in [4.69, 9.17) is 5.73 Å². The van der Waals surface area contributed by atoms with E-state index in [9.17, 15) is 8.78 Å². The third-order valence-corrected chi connectivity index (χ3v) is 2.49. The van der Waals surface area contributed by atoms with E-state index >= 15 is 0 Å². The Morgan fingerprint density at radius 3 is 2.60 bits per heavy atom. The van der Waals surface area contributed by atoms with E-state index in [1.54, 1.807) is 29.8 Å². The molecule has 0 bridgehead atoms. The number of hydrogen-bond acceptors (Lipinski definition) is 1. The number of aromatic nitrogens is 1. The van der Waals surface area contributed by atoms with Crippen molar-refractivity contribution in [3.05, 3.63) is 30.0 Å². The molecule has 0 amide bonds. The van der Waals surface area contributed by atoms with Crippen molar-refractivity contribution in [1.82, 2.24) is 4.57 Å². The van der Waals surface area contributed by atoms with Gasteiger partial charge in [0.15, 0.2) is 0 Å². The molecule has 0 aliphatic heterocycles. The Balaban J connectivity index is 2.81. The van der Waals surface area contributed by atoms with Crippen LogP contribution < -0.4 is 5.73 Å². The Bertz CT molecular complexity index is 509. The van der Waals surface area contributed by atoms with Crippen LogP contribution in [0.25, 0.3) is 10.9 Å². The number of benzene rings is 1. The highest BCUT2D eigenvalue weighted by molar-refractivity contribution is 5.87. The fourth-order valence-electron chi connectivity index (χ4n) is 1.76. The van der Waals surface area contributed by atoms with Gasteiger partial charge in [0, 0.05) is 42.3 Å². The molecule has 1 heterocycles. The van der Waals surface area contributed by atoms with Gasteiger partial charge in [-0.05, 0) is 18.2 Å². The summed E-state index contributed by atoms with van der Waals surface area (Å²) < 4.78 is 28.2. The van der Waals surface area contributed by atoms with Crippen LogP contribution in [0.4, 0.5) is 14.5 Å². The molecule has 0 radical (unpaired) electrons. The largest absolute Gasteiger partial charge is 0.399 e. The molecule has 0 atom stereocenters. The normalized spacial score (nSPS) is 12.3. The van der Waals surface area contributed by atoms with Crippen LogP contribution >= 0.6 is 0 Å². The smallest absolute Gasteiger partial charge is 0.272 e. The third-order valence-electron chi connectivity index (χ3n) is 2.49. The van der Waals surface area contributed by atoms with Crippen molar-refractivity contribution < 1.29 is 8.78 Å². The average molecular weight is 210 g/mol. The van der Waals surface area contributed by atoms with E-state index in [1.807, 2.05) is 0 Å². The van der Waals surface area contributed by atoms with Crippen LogP contribution in [-0.2, 0) is 13.0 Å². The van der Waals surface area contributed by atoms with E-state index < -0.39 is 5.92 Å². The topological polar surface area (TPSA) is 30.9 Å². The molecular formula is C11H12F2N2. The maximum atomic E-state index is 13.3. The van der Waals surface area contributed by atoms with E-state index in [-0.39, 0.29) is 5.56 Å². The van der Waals surface area contributed by atoms with Gasteiger partial charge in [-0.15, -0.1) is 0 Å². The van der Waals surface area contributed by atoms with E-state index in [1.165, 1.54) is 6.20 Å². The van der Waals surface area contributed by atoms with Gasteiger partial charge in [0.1, 0.15) is 0 Å². The fraction of sp³-hybridized carbons (Fsp3) is 0.273. The second-order valence-corrected chi connectivity index (χ2v) is 3.82. The number of halogens is 2. The van der Waals surface area contributed by atoms with E-state index in [0.717, 1.165) is 12.4 Å². The van der Waals surface area contributed by atoms with Gasteiger partial charge in [-0.25, -0.2) is 8.78 Å². The molecule has 1 aromatic carbocycles. The highest BCUT2D eigenvalue weighted by Gasteiger charge is 2.28. The van der Waals surface area contributed by atoms with E-state index in [0.29, 0.717) is 11.1 Å². The number of nitrogens with zero attached hydrogens (tertiary/aromatic N) is 1. The zero-order chi connectivity index (χ0) is 11.2. The van der Waals surface area contributed by atoms with Crippen LogP contribution in [0.15, 0.2) is 24.4 Å². The van der Waals surface area contributed by atoms with Gasteiger partial charge in [0.05, 0.1) is 0 Å². The summed E-state index contributed by atoms with van der Waals surface area (Å²) in [7, 11) is 1.74. The maximum absolute atomic E-state index is 13.3. The fourth-order valence-corrected chi connectivity index (χ4v) is 1.76. The second kappa shape index (κ2) is 2.95. The first-order valence-corrected chi connectivity index (χ1v) is 4.62. The molecule has 2 nitrogen and oxygen atoms in total. The molecule has 0 fully saturated rings. The first-order valence-electron chi connectivity index (χ1n) is 4.62. The van der Waals surface area contributed by atoms with Crippen molar-refractivity contribution in [2.24, 2.45) is 7.05 Å². The lowest BCUT2D eigenvalue weighted by Crippen LogP contribution is -2.05. The molecule has 0 aliphatic rings. The monoisotopic (exact) mass is 210 g/mol. The first-order chi connectivity index (χ1) is 6.89. The molecule has 2 N–H and O–H groups in total. The quantitative estimate of drug-likeness (QED) is 0.721. The van der Waals surface area contributed by atoms with Gasteiger partial charge in [0.25, 0.3) is 5.92 Å². The summed E-state index contributed by atoms with van der Waals surface area (Å²) in [5, 5.41) is 0.519. The number of hydrogen-bond donors (Lipinski definition) is 1. The summed E-state index contributed by atoms with van der Waals surface area (Å²) in [6.07, 6.45) is 1.45. The van der Waals surface area contributed by atoms with Gasteiger partial charge in [0.2, 0.25) is 0 Å². The molecule has 0 saturated heterocycles. The molecule has 2 rings (SSSR count). The number of aryl methyl sites for hydroxylation is 1. The molecule has 0 spiro atoms. The average Bonchev–Trinajstić information content (AvgIpc) is 2.42. The SMILES string of the molecule is Cn1cc(C(C)(F)F)c2cc(N)ccc21. The molecule has 0 aliphatic carbocycles. The summed E-state index contributed by atoms with van der Waals surface area (Å²) in [4.78, 5) is 0. The molecule has 2 aromatic rings. The minimum absolute atomic E-state index is 0.0206. The molecule has 15 heavy (non-hydrogen) atoms. The Morgan fingerprint density at radius 2 is 2.00 bits per heavy atom. The summed E-state index contributed by atoms with van der Waals surface area (Å²) in [5.74, 6) is -2.84. The summed E-state index contributed by atoms with van der Waals surface area (Å²) in [6.45, 7) is 0.894. The van der Waals surface area contributed by atoms with Gasteiger partial charge >= 0.3 is 0 Å². The van der Waals surface area contributed by atoms with Gasteiger partial charge in [-0.2, -0.15) is 0 Å². The standard InChI is InChI=1S/C11H12F2N2/c1-11(12,13)9-6-15(2)10-4-3-7(14)5-8(9)10/h3-6H,14H2,1-2H3. The number of fused-ring (bicyclic) bond motifs is 1. The minimum atomic E-state index is -2.84. The van der Waals surface area contributed by atoms with Crippen LogP contribution in [0.2, 0.25) is 0 Å². The molecule has 0 unspecified atom stereocenters. The van der Waals surface area contributed by atoms with Crippen molar-refractivity contribution in [1.29, 1.82) is 0 Å². The van der Waals surface area contributed by atoms with Crippen LogP contribution in [-0.4, -0.2) is 4.57 Å². The molecule has 1 aromatic heterocycles. The predicted octanol–water partition coefficient (Wildman–Crippen LogP) is 2.87. The number of nitrogens with two attached hydrogens (primary N) is 1. The Kier molecular flexibility index (Phi) is 1.96. The second-order valence-electron chi connectivity index (χ2n) is 3.82. The van der Waals surface area contributed by atoms with Crippen LogP contribution in [0.1, 0.15) is 12.5 Å².